The molecule has 0 aromatic heterocycles. The molecule has 0 amide bonds. The molecule has 4 heteroatoms. The van der Waals surface area contributed by atoms with E-state index in [1.807, 2.05) is 76.2 Å². The molecule has 0 atom stereocenters. The van der Waals surface area contributed by atoms with Crippen molar-refractivity contribution >= 4 is 43.1 Å². The predicted octanol–water partition coefficient (Wildman–Crippen LogP) is 18.7. The SMILES string of the molecule is CC.CC.CCC.CCC.Oc1ccc2cc(C3(c4ccc5cc(O)ccc5c4)c4ccccc4-c4cc5c(cc43)-c3ccccc3C5(c3ccc4cc(O)ccc4c3)c3ccc4cc(O)ccc4c3)ccc2c1. The zero-order chi connectivity index (χ0) is 52.3. The number of rotatable bonds is 4. The minimum absolute atomic E-state index is 0.233. The van der Waals surface area contributed by atoms with E-state index in [0.717, 1.165) is 87.6 Å². The van der Waals surface area contributed by atoms with Gasteiger partial charge in [-0.3, -0.25) is 0 Å². The Morgan fingerprint density at radius 1 is 0.257 bits per heavy atom. The molecular formula is C70H66O4. The summed E-state index contributed by atoms with van der Waals surface area (Å²) in [5.74, 6) is 0.930. The molecule has 0 spiro atoms. The molecule has 0 saturated heterocycles. The van der Waals surface area contributed by atoms with Crippen molar-refractivity contribution in [3.63, 3.8) is 0 Å². The molecule has 4 nitrogen and oxygen atoms in total. The monoisotopic (exact) mass is 970 g/mol. The molecule has 0 saturated carbocycles. The lowest BCUT2D eigenvalue weighted by molar-refractivity contribution is 0.475. The Hall–Kier alpha value is -8.34. The number of phenols is 4. The summed E-state index contributed by atoms with van der Waals surface area (Å²) in [5.41, 5.74) is 12.3. The first-order valence-corrected chi connectivity index (χ1v) is 26.4. The maximum absolute atomic E-state index is 10.5. The summed E-state index contributed by atoms with van der Waals surface area (Å²) in [5, 5.41) is 49.9. The first-order chi connectivity index (χ1) is 36.1. The van der Waals surface area contributed by atoms with E-state index < -0.39 is 10.8 Å². The van der Waals surface area contributed by atoms with E-state index in [2.05, 4.69) is 161 Å². The summed E-state index contributed by atoms with van der Waals surface area (Å²) in [4.78, 5) is 0. The van der Waals surface area contributed by atoms with Crippen LogP contribution in [0.2, 0.25) is 0 Å². The standard InChI is InChI=1S/C60H38O4.2C3H8.2C2H6/c61-47-21-13-35-25-43(17-9-39(35)29-47)59(44-18-10-40-30-48(62)22-14-36(40)26-44)55-7-3-1-5-51(55)53-33-58-54(34-57(53)59)52-6-2-4-8-56(52)60(58,45-19-11-41-31-49(63)23-15-37(41)27-45)46-20-12-42-32-50(64)24-16-38(42)28-46;2*1-3-2;2*1-2/h1-34,61-64H;2*3H2,1-2H3;2*1-2H3. The van der Waals surface area contributed by atoms with Gasteiger partial charge in [0.2, 0.25) is 0 Å². The molecule has 11 aromatic rings. The predicted molar refractivity (Wildman–Crippen MR) is 312 cm³/mol. The third kappa shape index (κ3) is 8.29. The lowest BCUT2D eigenvalue weighted by Gasteiger charge is -2.36. The van der Waals surface area contributed by atoms with E-state index in [0.29, 0.717) is 0 Å². The van der Waals surface area contributed by atoms with E-state index in [-0.39, 0.29) is 23.0 Å². The summed E-state index contributed by atoms with van der Waals surface area (Å²) in [6, 6.07) is 71.4. The lowest BCUT2D eigenvalue weighted by atomic mass is 9.65. The quantitative estimate of drug-likeness (QED) is 0.142. The van der Waals surface area contributed by atoms with Crippen molar-refractivity contribution in [2.24, 2.45) is 0 Å². The second-order valence-corrected chi connectivity index (χ2v) is 18.9. The second kappa shape index (κ2) is 21.0. The van der Waals surface area contributed by atoms with Gasteiger partial charge in [-0.25, -0.2) is 0 Å². The van der Waals surface area contributed by atoms with E-state index in [1.54, 1.807) is 24.3 Å². The van der Waals surface area contributed by atoms with Crippen LogP contribution in [0, 0.1) is 0 Å². The molecule has 11 aromatic carbocycles. The van der Waals surface area contributed by atoms with Crippen LogP contribution in [0.4, 0.5) is 0 Å². The average molecular weight is 971 g/mol. The van der Waals surface area contributed by atoms with Gasteiger partial charge in [0.15, 0.2) is 0 Å². The van der Waals surface area contributed by atoms with Crippen LogP contribution < -0.4 is 0 Å². The molecule has 0 bridgehead atoms. The molecule has 0 aliphatic heterocycles. The first kappa shape index (κ1) is 50.6. The second-order valence-electron chi connectivity index (χ2n) is 18.9. The Morgan fingerprint density at radius 3 is 0.757 bits per heavy atom. The van der Waals surface area contributed by atoms with Crippen LogP contribution >= 0.6 is 0 Å². The molecule has 2 aliphatic rings. The number of aromatic hydroxyl groups is 4. The van der Waals surface area contributed by atoms with Crippen molar-refractivity contribution in [2.45, 2.75) is 79.1 Å². The van der Waals surface area contributed by atoms with Crippen molar-refractivity contribution in [1.82, 2.24) is 0 Å². The van der Waals surface area contributed by atoms with Crippen LogP contribution in [0.3, 0.4) is 0 Å². The zero-order valence-electron chi connectivity index (χ0n) is 43.8. The van der Waals surface area contributed by atoms with Crippen molar-refractivity contribution in [1.29, 1.82) is 0 Å². The van der Waals surface area contributed by atoms with Gasteiger partial charge in [-0.15, -0.1) is 0 Å². The van der Waals surface area contributed by atoms with Gasteiger partial charge in [0.1, 0.15) is 23.0 Å². The Morgan fingerprint density at radius 2 is 0.486 bits per heavy atom. The van der Waals surface area contributed by atoms with Crippen LogP contribution in [0.1, 0.15) is 113 Å². The summed E-state index contributed by atoms with van der Waals surface area (Å²) in [6.45, 7) is 16.5. The highest BCUT2D eigenvalue weighted by Crippen LogP contribution is 2.63. The van der Waals surface area contributed by atoms with Crippen LogP contribution in [0.5, 0.6) is 23.0 Å². The Kier molecular flexibility index (Phi) is 14.4. The van der Waals surface area contributed by atoms with Gasteiger partial charge in [-0.05, 0) is 195 Å². The van der Waals surface area contributed by atoms with Crippen molar-refractivity contribution in [3.8, 4) is 45.3 Å². The number of hydrogen-bond donors (Lipinski definition) is 4. The molecule has 0 fully saturated rings. The van der Waals surface area contributed by atoms with Crippen LogP contribution in [0.15, 0.2) is 206 Å². The molecule has 0 unspecified atom stereocenters. The van der Waals surface area contributed by atoms with Gasteiger partial charge in [0, 0.05) is 0 Å². The van der Waals surface area contributed by atoms with Gasteiger partial charge < -0.3 is 20.4 Å². The lowest BCUT2D eigenvalue weighted by Crippen LogP contribution is -2.30. The van der Waals surface area contributed by atoms with Gasteiger partial charge in [-0.1, -0.05) is 190 Å². The molecule has 370 valence electrons. The topological polar surface area (TPSA) is 80.9 Å². The number of fused-ring (bicyclic) bond motifs is 10. The minimum Gasteiger partial charge on any atom is -0.508 e. The molecular weight excluding hydrogens is 905 g/mol. The van der Waals surface area contributed by atoms with Crippen LogP contribution in [-0.2, 0) is 10.8 Å². The Labute approximate surface area is 436 Å². The fourth-order valence-electron chi connectivity index (χ4n) is 11.5. The van der Waals surface area contributed by atoms with Gasteiger partial charge in [-0.2, -0.15) is 0 Å². The third-order valence-electron chi connectivity index (χ3n) is 14.2. The first-order valence-electron chi connectivity index (χ1n) is 26.4. The van der Waals surface area contributed by atoms with Crippen molar-refractivity contribution in [3.05, 3.63) is 251 Å². The van der Waals surface area contributed by atoms with Crippen LogP contribution in [0.25, 0.3) is 65.3 Å². The van der Waals surface area contributed by atoms with Gasteiger partial charge in [0.05, 0.1) is 10.8 Å². The summed E-state index contributed by atoms with van der Waals surface area (Å²) >= 11 is 0. The number of hydrogen-bond acceptors (Lipinski definition) is 4. The molecule has 13 rings (SSSR count). The summed E-state index contributed by atoms with van der Waals surface area (Å²) in [7, 11) is 0. The molecule has 4 N–H and O–H groups in total. The van der Waals surface area contributed by atoms with E-state index >= 15 is 0 Å². The van der Waals surface area contributed by atoms with Crippen molar-refractivity contribution < 1.29 is 20.4 Å². The Balaban J connectivity index is 0.000000630. The molecule has 74 heavy (non-hydrogen) atoms. The number of phenolic OH excluding ortho intramolecular Hbond substituents is 4. The van der Waals surface area contributed by atoms with E-state index in [1.165, 1.54) is 35.1 Å². The molecule has 2 aliphatic carbocycles. The van der Waals surface area contributed by atoms with Crippen molar-refractivity contribution in [2.75, 3.05) is 0 Å². The zero-order valence-corrected chi connectivity index (χ0v) is 43.8. The normalized spacial score (nSPS) is 12.9. The fraction of sp³-hybridized carbons (Fsp3) is 0.171. The summed E-state index contributed by atoms with van der Waals surface area (Å²) in [6.07, 6.45) is 2.50. The maximum atomic E-state index is 10.5. The van der Waals surface area contributed by atoms with E-state index in [9.17, 15) is 20.4 Å². The highest BCUT2D eigenvalue weighted by molar-refractivity contribution is 5.98. The highest BCUT2D eigenvalue weighted by atomic mass is 16.3. The Bertz CT molecular complexity index is 3420. The van der Waals surface area contributed by atoms with E-state index in [4.69, 9.17) is 0 Å². The average Bonchev–Trinajstić information content (AvgIpc) is 3.90. The largest absolute Gasteiger partial charge is 0.508 e. The van der Waals surface area contributed by atoms with Crippen LogP contribution in [-0.4, -0.2) is 20.4 Å². The van der Waals surface area contributed by atoms with Gasteiger partial charge in [0.25, 0.3) is 0 Å². The highest BCUT2D eigenvalue weighted by Gasteiger charge is 2.51. The third-order valence-corrected chi connectivity index (χ3v) is 14.2. The fourth-order valence-corrected chi connectivity index (χ4v) is 11.5. The molecule has 0 heterocycles. The molecule has 0 radical (unpaired) electrons. The minimum atomic E-state index is -0.755. The maximum Gasteiger partial charge on any atom is 0.116 e. The smallest absolute Gasteiger partial charge is 0.116 e. The number of benzene rings is 11. The summed E-state index contributed by atoms with van der Waals surface area (Å²) < 4.78 is 0. The van der Waals surface area contributed by atoms with Gasteiger partial charge >= 0.3 is 0 Å².